The van der Waals surface area contributed by atoms with Crippen molar-refractivity contribution in [3.8, 4) is 0 Å². The van der Waals surface area contributed by atoms with Gasteiger partial charge in [0.05, 0.1) is 6.61 Å². The van der Waals surface area contributed by atoms with Gasteiger partial charge >= 0.3 is 6.09 Å². The van der Waals surface area contributed by atoms with E-state index in [2.05, 4.69) is 33.0 Å². The van der Waals surface area contributed by atoms with Gasteiger partial charge in [-0.2, -0.15) is 0 Å². The van der Waals surface area contributed by atoms with E-state index >= 15 is 0 Å². The van der Waals surface area contributed by atoms with Crippen LogP contribution < -0.4 is 5.32 Å². The van der Waals surface area contributed by atoms with E-state index < -0.39 is 0 Å². The van der Waals surface area contributed by atoms with Gasteiger partial charge in [0, 0.05) is 5.54 Å². The molecule has 0 aromatic carbocycles. The number of carbonyl (C=O) groups is 1. The molecule has 1 fully saturated rings. The smallest absolute Gasteiger partial charge is 0.407 e. The molecule has 1 aliphatic rings. The summed E-state index contributed by atoms with van der Waals surface area (Å²) >= 11 is 0. The standard InChI is InChI=1S/C20H39NO2/c1-5-6-7-8-9-10-11-14-17-23-18(22)21-20(4)16-13-12-15-19(20,2)3/h5-17H2,1-4H3,(H,21,22). The minimum Gasteiger partial charge on any atom is -0.450 e. The third kappa shape index (κ3) is 7.14. The van der Waals surface area contributed by atoms with Crippen molar-refractivity contribution in [1.82, 2.24) is 5.32 Å². The molecule has 1 unspecified atom stereocenters. The van der Waals surface area contributed by atoms with Crippen molar-refractivity contribution in [2.24, 2.45) is 5.41 Å². The fourth-order valence-electron chi connectivity index (χ4n) is 3.55. The van der Waals surface area contributed by atoms with E-state index in [4.69, 9.17) is 4.74 Å². The second-order valence-corrected chi connectivity index (χ2v) is 8.16. The summed E-state index contributed by atoms with van der Waals surface area (Å²) in [6.45, 7) is 9.48. The Kier molecular flexibility index (Phi) is 9.01. The molecular formula is C20H39NO2. The maximum atomic E-state index is 12.1. The molecule has 1 amide bonds. The Bertz CT molecular complexity index is 341. The highest BCUT2D eigenvalue weighted by molar-refractivity contribution is 5.68. The molecule has 3 heteroatoms. The maximum absolute atomic E-state index is 12.1. The number of hydrogen-bond donors (Lipinski definition) is 1. The lowest BCUT2D eigenvalue weighted by atomic mass is 9.64. The Morgan fingerprint density at radius 3 is 2.09 bits per heavy atom. The first kappa shape index (κ1) is 20.3. The summed E-state index contributed by atoms with van der Waals surface area (Å²) < 4.78 is 5.40. The Labute approximate surface area is 143 Å². The van der Waals surface area contributed by atoms with Gasteiger partial charge in [0.1, 0.15) is 0 Å². The van der Waals surface area contributed by atoms with Gasteiger partial charge in [0.25, 0.3) is 0 Å². The number of amides is 1. The van der Waals surface area contributed by atoms with Crippen molar-refractivity contribution in [2.75, 3.05) is 6.61 Å². The van der Waals surface area contributed by atoms with Crippen LogP contribution in [0.4, 0.5) is 4.79 Å². The van der Waals surface area contributed by atoms with Crippen LogP contribution in [0.15, 0.2) is 0 Å². The monoisotopic (exact) mass is 325 g/mol. The SMILES string of the molecule is CCCCCCCCCCOC(=O)NC1(C)CCCCC1(C)C. The second-order valence-electron chi connectivity index (χ2n) is 8.16. The lowest BCUT2D eigenvalue weighted by molar-refractivity contribution is 0.0633. The first-order chi connectivity index (χ1) is 10.9. The van der Waals surface area contributed by atoms with E-state index in [1.54, 1.807) is 0 Å². The van der Waals surface area contributed by atoms with E-state index in [1.165, 1.54) is 64.2 Å². The molecule has 0 aromatic rings. The zero-order valence-corrected chi connectivity index (χ0v) is 16.0. The summed E-state index contributed by atoms with van der Waals surface area (Å²) in [6, 6.07) is 0. The van der Waals surface area contributed by atoms with Gasteiger partial charge in [0.2, 0.25) is 0 Å². The summed E-state index contributed by atoms with van der Waals surface area (Å²) in [6.07, 6.45) is 14.6. The second kappa shape index (κ2) is 10.2. The van der Waals surface area contributed by atoms with Crippen molar-refractivity contribution in [3.05, 3.63) is 0 Å². The van der Waals surface area contributed by atoms with Gasteiger partial charge < -0.3 is 10.1 Å². The van der Waals surface area contributed by atoms with E-state index in [0.29, 0.717) is 6.61 Å². The number of hydrogen-bond acceptors (Lipinski definition) is 2. The first-order valence-electron chi connectivity index (χ1n) is 9.86. The maximum Gasteiger partial charge on any atom is 0.407 e. The molecule has 0 bridgehead atoms. The molecule has 3 nitrogen and oxygen atoms in total. The topological polar surface area (TPSA) is 38.3 Å². The lowest BCUT2D eigenvalue weighted by Gasteiger charge is -2.48. The number of carbonyl (C=O) groups excluding carboxylic acids is 1. The molecule has 0 aliphatic heterocycles. The molecule has 136 valence electrons. The van der Waals surface area contributed by atoms with Crippen LogP contribution in [-0.2, 0) is 4.74 Å². The van der Waals surface area contributed by atoms with E-state index in [9.17, 15) is 4.79 Å². The largest absolute Gasteiger partial charge is 0.450 e. The van der Waals surface area contributed by atoms with E-state index in [0.717, 1.165) is 12.8 Å². The van der Waals surface area contributed by atoms with Gasteiger partial charge in [-0.3, -0.25) is 0 Å². The molecule has 0 aromatic heterocycles. The lowest BCUT2D eigenvalue weighted by Crippen LogP contribution is -2.57. The van der Waals surface area contributed by atoms with Gasteiger partial charge in [-0.05, 0) is 31.6 Å². The number of rotatable bonds is 10. The Morgan fingerprint density at radius 2 is 1.48 bits per heavy atom. The number of ether oxygens (including phenoxy) is 1. The third-order valence-corrected chi connectivity index (χ3v) is 5.83. The molecule has 0 spiro atoms. The molecule has 1 rings (SSSR count). The van der Waals surface area contributed by atoms with Crippen LogP contribution in [0.5, 0.6) is 0 Å². The molecule has 1 N–H and O–H groups in total. The molecular weight excluding hydrogens is 286 g/mol. The molecule has 1 aliphatic carbocycles. The Hall–Kier alpha value is -0.730. The molecule has 1 atom stereocenters. The summed E-state index contributed by atoms with van der Waals surface area (Å²) in [5, 5.41) is 3.15. The highest BCUT2D eigenvalue weighted by Crippen LogP contribution is 2.43. The molecule has 0 saturated heterocycles. The summed E-state index contributed by atoms with van der Waals surface area (Å²) in [7, 11) is 0. The van der Waals surface area contributed by atoms with E-state index in [1.807, 2.05) is 0 Å². The van der Waals surface area contributed by atoms with Crippen LogP contribution in [0.1, 0.15) is 105 Å². The fraction of sp³-hybridized carbons (Fsp3) is 0.950. The predicted molar refractivity (Wildman–Crippen MR) is 97.7 cm³/mol. The average Bonchev–Trinajstić information content (AvgIpc) is 2.49. The van der Waals surface area contributed by atoms with Crippen molar-refractivity contribution < 1.29 is 9.53 Å². The number of unbranched alkanes of at least 4 members (excludes halogenated alkanes) is 7. The number of alkyl carbamates (subject to hydrolysis) is 1. The minimum absolute atomic E-state index is 0.137. The normalized spacial score (nSPS) is 23.5. The van der Waals surface area contributed by atoms with Gasteiger partial charge in [-0.25, -0.2) is 4.79 Å². The van der Waals surface area contributed by atoms with Gasteiger partial charge in [0.15, 0.2) is 0 Å². The van der Waals surface area contributed by atoms with Crippen molar-refractivity contribution >= 4 is 6.09 Å². The average molecular weight is 326 g/mol. The predicted octanol–water partition coefficient (Wildman–Crippen LogP) is 6.21. The minimum atomic E-state index is -0.231. The van der Waals surface area contributed by atoms with Crippen LogP contribution in [0.2, 0.25) is 0 Å². The van der Waals surface area contributed by atoms with Crippen LogP contribution in [0.25, 0.3) is 0 Å². The Morgan fingerprint density at radius 1 is 0.913 bits per heavy atom. The van der Waals surface area contributed by atoms with Crippen molar-refractivity contribution in [3.63, 3.8) is 0 Å². The van der Waals surface area contributed by atoms with Crippen LogP contribution in [0, 0.1) is 5.41 Å². The van der Waals surface area contributed by atoms with Gasteiger partial charge in [-0.15, -0.1) is 0 Å². The molecule has 1 saturated carbocycles. The molecule has 0 heterocycles. The van der Waals surface area contributed by atoms with E-state index in [-0.39, 0.29) is 17.0 Å². The first-order valence-corrected chi connectivity index (χ1v) is 9.86. The Balaban J connectivity index is 2.10. The summed E-state index contributed by atoms with van der Waals surface area (Å²) in [5.41, 5.74) is 0.00434. The van der Waals surface area contributed by atoms with Crippen molar-refractivity contribution in [1.29, 1.82) is 0 Å². The summed E-state index contributed by atoms with van der Waals surface area (Å²) in [5.74, 6) is 0. The van der Waals surface area contributed by atoms with Crippen LogP contribution >= 0.6 is 0 Å². The van der Waals surface area contributed by atoms with Crippen molar-refractivity contribution in [2.45, 2.75) is 110 Å². The van der Waals surface area contributed by atoms with Gasteiger partial charge in [-0.1, -0.05) is 78.6 Å². The molecule has 0 radical (unpaired) electrons. The number of nitrogens with one attached hydrogen (secondary N) is 1. The highest BCUT2D eigenvalue weighted by Gasteiger charge is 2.44. The fourth-order valence-corrected chi connectivity index (χ4v) is 3.55. The molecule has 23 heavy (non-hydrogen) atoms. The summed E-state index contributed by atoms with van der Waals surface area (Å²) in [4.78, 5) is 12.1. The van der Waals surface area contributed by atoms with Crippen LogP contribution in [0.3, 0.4) is 0 Å². The third-order valence-electron chi connectivity index (χ3n) is 5.83. The zero-order valence-electron chi connectivity index (χ0n) is 16.0. The van der Waals surface area contributed by atoms with Crippen LogP contribution in [-0.4, -0.2) is 18.2 Å². The quantitative estimate of drug-likeness (QED) is 0.485. The zero-order chi connectivity index (χ0) is 17.2. The highest BCUT2D eigenvalue weighted by atomic mass is 16.5.